The van der Waals surface area contributed by atoms with Crippen molar-refractivity contribution in [2.45, 2.75) is 19.8 Å². The third kappa shape index (κ3) is 4.44. The van der Waals surface area contributed by atoms with Crippen LogP contribution in [0.15, 0.2) is 24.3 Å². The van der Waals surface area contributed by atoms with Gasteiger partial charge < -0.3 is 0 Å². The molecule has 1 aromatic rings. The fourth-order valence-electron chi connectivity index (χ4n) is 1.16. The van der Waals surface area contributed by atoms with Crippen LogP contribution in [-0.2, 0) is 0 Å². The fourth-order valence-corrected chi connectivity index (χ4v) is 1.59. The molecule has 1 heteroatoms. The van der Waals surface area contributed by atoms with Crippen molar-refractivity contribution < 1.29 is 0 Å². The van der Waals surface area contributed by atoms with Crippen LogP contribution in [-0.4, -0.2) is 18.8 Å². The smallest absolute Gasteiger partial charge is 0.0253 e. The Hall–Kier alpha value is -0.870. The molecule has 0 aliphatic rings. The van der Waals surface area contributed by atoms with Crippen molar-refractivity contribution in [3.05, 3.63) is 35.4 Å². The third-order valence-electron chi connectivity index (χ3n) is 2.08. The van der Waals surface area contributed by atoms with Gasteiger partial charge in [0.25, 0.3) is 0 Å². The quantitative estimate of drug-likeness (QED) is 0.631. The molecule has 1 aromatic carbocycles. The largest absolute Gasteiger partial charge is 0.186 e. The van der Waals surface area contributed by atoms with E-state index in [9.17, 15) is 0 Å². The Labute approximate surface area is 95.4 Å². The Bertz CT molecular complexity index is 369. The SMILES string of the molecule is CC(C)c1ccc(C#CS(C)(C)C)cc1. The van der Waals surface area contributed by atoms with E-state index in [0.29, 0.717) is 5.92 Å². The number of rotatable bonds is 1. The molecule has 0 aliphatic heterocycles. The third-order valence-corrected chi connectivity index (χ3v) is 2.79. The van der Waals surface area contributed by atoms with Gasteiger partial charge in [-0.2, -0.15) is 10.0 Å². The predicted molar refractivity (Wildman–Crippen MR) is 72.8 cm³/mol. The van der Waals surface area contributed by atoms with Crippen LogP contribution in [0.1, 0.15) is 30.9 Å². The van der Waals surface area contributed by atoms with Gasteiger partial charge in [-0.05, 0) is 47.6 Å². The summed E-state index contributed by atoms with van der Waals surface area (Å²) in [5.74, 6) is 3.84. The standard InChI is InChI=1S/C14H20S/c1-12(2)14-8-6-13(7-9-14)10-11-15(3,4)5/h6-9,12H,1-5H3. The van der Waals surface area contributed by atoms with Gasteiger partial charge in [0, 0.05) is 5.56 Å². The van der Waals surface area contributed by atoms with Gasteiger partial charge in [-0.1, -0.05) is 31.9 Å². The second kappa shape index (κ2) is 4.77. The zero-order valence-electron chi connectivity index (χ0n) is 10.3. The lowest BCUT2D eigenvalue weighted by molar-refractivity contribution is 0.866. The molecule has 0 aromatic heterocycles. The Morgan fingerprint density at radius 3 is 1.93 bits per heavy atom. The maximum absolute atomic E-state index is 3.32. The number of hydrogen-bond acceptors (Lipinski definition) is 0. The van der Waals surface area contributed by atoms with Crippen molar-refractivity contribution in [3.8, 4) is 11.2 Å². The second-order valence-electron chi connectivity index (χ2n) is 4.84. The lowest BCUT2D eigenvalue weighted by Gasteiger charge is -2.14. The van der Waals surface area contributed by atoms with Crippen molar-refractivity contribution in [2.24, 2.45) is 0 Å². The summed E-state index contributed by atoms with van der Waals surface area (Å²) < 4.78 is 0. The molecule has 0 nitrogen and oxygen atoms in total. The molecule has 0 radical (unpaired) electrons. The summed E-state index contributed by atoms with van der Waals surface area (Å²) in [5, 5.41) is 3.32. The highest BCUT2D eigenvalue weighted by Gasteiger charge is 1.98. The zero-order chi connectivity index (χ0) is 11.5. The van der Waals surface area contributed by atoms with Gasteiger partial charge >= 0.3 is 0 Å². The Kier molecular flexibility index (Phi) is 3.88. The minimum atomic E-state index is -0.710. The molecule has 0 bridgehead atoms. The van der Waals surface area contributed by atoms with Crippen molar-refractivity contribution in [1.29, 1.82) is 0 Å². The summed E-state index contributed by atoms with van der Waals surface area (Å²) in [6.45, 7) is 4.42. The van der Waals surface area contributed by atoms with Crippen LogP contribution >= 0.6 is 10.0 Å². The molecule has 82 valence electrons. The first-order chi connectivity index (χ1) is 6.88. The summed E-state index contributed by atoms with van der Waals surface area (Å²) in [5.41, 5.74) is 2.51. The van der Waals surface area contributed by atoms with Crippen LogP contribution in [0.25, 0.3) is 0 Å². The second-order valence-corrected chi connectivity index (χ2v) is 8.72. The van der Waals surface area contributed by atoms with Gasteiger partial charge in [-0.15, -0.1) is 0 Å². The van der Waals surface area contributed by atoms with Gasteiger partial charge in [0.1, 0.15) is 0 Å². The van der Waals surface area contributed by atoms with Crippen LogP contribution in [0.3, 0.4) is 0 Å². The van der Waals surface area contributed by atoms with E-state index in [4.69, 9.17) is 0 Å². The minimum absolute atomic E-state index is 0.597. The predicted octanol–water partition coefficient (Wildman–Crippen LogP) is 3.81. The molecular weight excluding hydrogens is 200 g/mol. The lowest BCUT2D eigenvalue weighted by atomic mass is 10.0. The van der Waals surface area contributed by atoms with E-state index in [1.54, 1.807) is 0 Å². The molecule has 15 heavy (non-hydrogen) atoms. The zero-order valence-corrected chi connectivity index (χ0v) is 11.1. The molecule has 0 N–H and O–H groups in total. The number of hydrogen-bond donors (Lipinski definition) is 0. The fraction of sp³-hybridized carbons (Fsp3) is 0.429. The molecule has 0 aliphatic carbocycles. The topological polar surface area (TPSA) is 0 Å². The van der Waals surface area contributed by atoms with Gasteiger partial charge in [0.15, 0.2) is 0 Å². The van der Waals surface area contributed by atoms with E-state index in [0.717, 1.165) is 5.56 Å². The van der Waals surface area contributed by atoms with Crippen LogP contribution in [0, 0.1) is 11.2 Å². The maximum Gasteiger partial charge on any atom is 0.0253 e. The van der Waals surface area contributed by atoms with E-state index in [-0.39, 0.29) is 0 Å². The van der Waals surface area contributed by atoms with E-state index in [1.807, 2.05) is 0 Å². The summed E-state index contributed by atoms with van der Waals surface area (Å²) in [6.07, 6.45) is 6.63. The molecule has 0 spiro atoms. The average Bonchev–Trinajstić information content (AvgIpc) is 2.14. The molecule has 0 saturated carbocycles. The van der Waals surface area contributed by atoms with Crippen LogP contribution in [0.4, 0.5) is 0 Å². The summed E-state index contributed by atoms with van der Waals surface area (Å²) in [7, 11) is -0.710. The summed E-state index contributed by atoms with van der Waals surface area (Å²) >= 11 is 0. The normalized spacial score (nSPS) is 12.1. The van der Waals surface area contributed by atoms with E-state index < -0.39 is 10.0 Å². The van der Waals surface area contributed by atoms with E-state index in [2.05, 4.69) is 68.1 Å². The highest BCUT2D eigenvalue weighted by atomic mass is 32.3. The Morgan fingerprint density at radius 1 is 1.00 bits per heavy atom. The minimum Gasteiger partial charge on any atom is -0.186 e. The molecule has 0 amide bonds. The van der Waals surface area contributed by atoms with Gasteiger partial charge in [0.05, 0.1) is 0 Å². The lowest BCUT2D eigenvalue weighted by Crippen LogP contribution is -1.88. The van der Waals surface area contributed by atoms with Crippen molar-refractivity contribution >= 4 is 10.0 Å². The molecule has 0 atom stereocenters. The van der Waals surface area contributed by atoms with Crippen LogP contribution < -0.4 is 0 Å². The Balaban J connectivity index is 2.85. The molecule has 1 rings (SSSR count). The molecule has 0 unspecified atom stereocenters. The monoisotopic (exact) mass is 220 g/mol. The first kappa shape index (κ1) is 12.2. The van der Waals surface area contributed by atoms with Crippen molar-refractivity contribution in [3.63, 3.8) is 0 Å². The summed E-state index contributed by atoms with van der Waals surface area (Å²) in [6, 6.07) is 8.58. The summed E-state index contributed by atoms with van der Waals surface area (Å²) in [4.78, 5) is 0. The van der Waals surface area contributed by atoms with Crippen molar-refractivity contribution in [1.82, 2.24) is 0 Å². The van der Waals surface area contributed by atoms with E-state index in [1.165, 1.54) is 5.56 Å². The van der Waals surface area contributed by atoms with Crippen LogP contribution in [0.2, 0.25) is 0 Å². The maximum atomic E-state index is 3.32. The molecule has 0 saturated heterocycles. The van der Waals surface area contributed by atoms with Gasteiger partial charge in [-0.25, -0.2) is 0 Å². The molecule has 0 fully saturated rings. The Morgan fingerprint density at radius 2 is 1.53 bits per heavy atom. The average molecular weight is 220 g/mol. The van der Waals surface area contributed by atoms with E-state index >= 15 is 0 Å². The first-order valence-electron chi connectivity index (χ1n) is 5.19. The first-order valence-corrected chi connectivity index (χ1v) is 8.05. The number of benzene rings is 1. The van der Waals surface area contributed by atoms with Crippen molar-refractivity contribution in [2.75, 3.05) is 18.8 Å². The molecule has 0 heterocycles. The van der Waals surface area contributed by atoms with Crippen LogP contribution in [0.5, 0.6) is 0 Å². The van der Waals surface area contributed by atoms with Gasteiger partial charge in [0.2, 0.25) is 0 Å². The van der Waals surface area contributed by atoms with Gasteiger partial charge in [-0.3, -0.25) is 0 Å². The highest BCUT2D eigenvalue weighted by Crippen LogP contribution is 2.32. The molecular formula is C14H20S. The highest BCUT2D eigenvalue weighted by molar-refractivity contribution is 8.35.